The molecule has 0 heterocycles. The molecule has 1 unspecified atom stereocenters. The molecule has 0 saturated heterocycles. The Morgan fingerprint density at radius 3 is 2.00 bits per heavy atom. The predicted octanol–water partition coefficient (Wildman–Crippen LogP) is 4.59. The van der Waals surface area contributed by atoms with Crippen LogP contribution in [0.2, 0.25) is 0 Å². The van der Waals surface area contributed by atoms with Crippen molar-refractivity contribution in [3.8, 4) is 0 Å². The first-order valence-electron chi connectivity index (χ1n) is 6.54. The molecule has 108 valence electrons. The normalized spacial score (nSPS) is 14.5. The van der Waals surface area contributed by atoms with Crippen molar-refractivity contribution < 1.29 is 13.2 Å². The quantitative estimate of drug-likeness (QED) is 0.827. The molecule has 1 nitrogen and oxygen atoms in total. The summed E-state index contributed by atoms with van der Waals surface area (Å²) in [6, 6.07) is 6.76. The van der Waals surface area contributed by atoms with Gasteiger partial charge in [0.15, 0.2) is 0 Å². The first-order valence-corrected chi connectivity index (χ1v) is 6.54. The molecule has 0 aliphatic heterocycles. The molecule has 0 bridgehead atoms. The standard InChI is InChI=1S/C15H22F3N/c1-5-14(2,3)12-8-6-11(7-9-12)13(19-4)10-15(16,17)18/h6-9,13,19H,5,10H2,1-4H3. The van der Waals surface area contributed by atoms with Gasteiger partial charge in [-0.25, -0.2) is 0 Å². The van der Waals surface area contributed by atoms with E-state index in [4.69, 9.17) is 0 Å². The molecule has 19 heavy (non-hydrogen) atoms. The number of halogens is 3. The van der Waals surface area contributed by atoms with E-state index >= 15 is 0 Å². The Labute approximate surface area is 113 Å². The molecule has 0 spiro atoms. The summed E-state index contributed by atoms with van der Waals surface area (Å²) in [4.78, 5) is 0. The van der Waals surface area contributed by atoms with E-state index in [2.05, 4.69) is 26.1 Å². The van der Waals surface area contributed by atoms with Crippen molar-refractivity contribution in [1.82, 2.24) is 5.32 Å². The van der Waals surface area contributed by atoms with Crippen LogP contribution in [0.15, 0.2) is 24.3 Å². The molecule has 0 aliphatic carbocycles. The maximum Gasteiger partial charge on any atom is 0.390 e. The third-order valence-electron chi connectivity index (χ3n) is 3.76. The third kappa shape index (κ3) is 4.53. The molecule has 0 radical (unpaired) electrons. The lowest BCUT2D eigenvalue weighted by Gasteiger charge is -2.24. The molecule has 1 atom stereocenters. The average Bonchev–Trinajstić information content (AvgIpc) is 2.35. The molecular weight excluding hydrogens is 251 g/mol. The molecular formula is C15H22F3N. The van der Waals surface area contributed by atoms with E-state index in [-0.39, 0.29) is 5.41 Å². The van der Waals surface area contributed by atoms with Crippen molar-refractivity contribution in [3.63, 3.8) is 0 Å². The highest BCUT2D eigenvalue weighted by Gasteiger charge is 2.32. The Bertz CT molecular complexity index is 393. The Morgan fingerprint density at radius 2 is 1.63 bits per heavy atom. The minimum absolute atomic E-state index is 0.0533. The lowest BCUT2D eigenvalue weighted by molar-refractivity contribution is -0.140. The number of benzene rings is 1. The molecule has 0 fully saturated rings. The van der Waals surface area contributed by atoms with Crippen molar-refractivity contribution in [3.05, 3.63) is 35.4 Å². The number of alkyl halides is 3. The van der Waals surface area contributed by atoms with Gasteiger partial charge in [0.2, 0.25) is 0 Å². The van der Waals surface area contributed by atoms with Crippen molar-refractivity contribution >= 4 is 0 Å². The monoisotopic (exact) mass is 273 g/mol. The molecule has 1 aromatic carbocycles. The second-order valence-corrected chi connectivity index (χ2v) is 5.52. The minimum atomic E-state index is -4.16. The van der Waals surface area contributed by atoms with Gasteiger partial charge in [0.05, 0.1) is 6.42 Å². The van der Waals surface area contributed by atoms with Crippen LogP contribution in [-0.2, 0) is 5.41 Å². The zero-order chi connectivity index (χ0) is 14.7. The van der Waals surface area contributed by atoms with Gasteiger partial charge in [-0.15, -0.1) is 0 Å². The second kappa shape index (κ2) is 5.95. The largest absolute Gasteiger partial charge is 0.390 e. The Kier molecular flexibility index (Phi) is 5.02. The summed E-state index contributed by atoms with van der Waals surface area (Å²) in [6.07, 6.45) is -4.01. The van der Waals surface area contributed by atoms with Gasteiger partial charge in [0.25, 0.3) is 0 Å². The van der Waals surface area contributed by atoms with Crippen molar-refractivity contribution in [2.24, 2.45) is 0 Å². The summed E-state index contributed by atoms with van der Waals surface area (Å²) >= 11 is 0. The lowest BCUT2D eigenvalue weighted by Crippen LogP contribution is -2.24. The Morgan fingerprint density at radius 1 is 1.11 bits per heavy atom. The Balaban J connectivity index is 2.91. The molecule has 0 aromatic heterocycles. The summed E-state index contributed by atoms with van der Waals surface area (Å²) in [5, 5.41) is 2.73. The maximum atomic E-state index is 12.5. The van der Waals surface area contributed by atoms with Gasteiger partial charge in [-0.3, -0.25) is 0 Å². The number of hydrogen-bond acceptors (Lipinski definition) is 1. The van der Waals surface area contributed by atoms with E-state index in [0.717, 1.165) is 12.0 Å². The summed E-state index contributed by atoms with van der Waals surface area (Å²) in [7, 11) is 1.56. The average molecular weight is 273 g/mol. The highest BCUT2D eigenvalue weighted by Crippen LogP contribution is 2.31. The first-order chi connectivity index (χ1) is 8.69. The zero-order valence-electron chi connectivity index (χ0n) is 11.9. The van der Waals surface area contributed by atoms with Crippen LogP contribution in [0.4, 0.5) is 13.2 Å². The summed E-state index contributed by atoms with van der Waals surface area (Å²) in [6.45, 7) is 6.37. The van der Waals surface area contributed by atoms with Crippen LogP contribution in [-0.4, -0.2) is 13.2 Å². The number of hydrogen-bond donors (Lipinski definition) is 1. The van der Waals surface area contributed by atoms with Gasteiger partial charge in [-0.1, -0.05) is 45.0 Å². The zero-order valence-corrected chi connectivity index (χ0v) is 11.9. The van der Waals surface area contributed by atoms with Crippen LogP contribution >= 0.6 is 0 Å². The van der Waals surface area contributed by atoms with E-state index in [1.807, 2.05) is 12.1 Å². The summed E-state index contributed by atoms with van der Waals surface area (Å²) < 4.78 is 37.4. The fourth-order valence-corrected chi connectivity index (χ4v) is 1.99. The van der Waals surface area contributed by atoms with Gasteiger partial charge in [0, 0.05) is 6.04 Å². The van der Waals surface area contributed by atoms with Gasteiger partial charge < -0.3 is 5.32 Å². The molecule has 0 saturated carbocycles. The molecule has 1 aromatic rings. The first kappa shape index (κ1) is 16.0. The van der Waals surface area contributed by atoms with E-state index in [1.165, 1.54) is 0 Å². The smallest absolute Gasteiger partial charge is 0.313 e. The SMILES string of the molecule is CCC(C)(C)c1ccc(C(CC(F)(F)F)NC)cc1. The molecule has 4 heteroatoms. The van der Waals surface area contributed by atoms with Crippen LogP contribution in [0.25, 0.3) is 0 Å². The van der Waals surface area contributed by atoms with Crippen LogP contribution < -0.4 is 5.32 Å². The minimum Gasteiger partial charge on any atom is -0.313 e. The molecule has 1 N–H and O–H groups in total. The van der Waals surface area contributed by atoms with E-state index in [1.54, 1.807) is 19.2 Å². The van der Waals surface area contributed by atoms with Gasteiger partial charge >= 0.3 is 6.18 Å². The fraction of sp³-hybridized carbons (Fsp3) is 0.600. The highest BCUT2D eigenvalue weighted by atomic mass is 19.4. The van der Waals surface area contributed by atoms with E-state index < -0.39 is 18.6 Å². The predicted molar refractivity (Wildman–Crippen MR) is 72.2 cm³/mol. The summed E-state index contributed by atoms with van der Waals surface area (Å²) in [5.74, 6) is 0. The highest BCUT2D eigenvalue weighted by molar-refractivity contribution is 5.29. The van der Waals surface area contributed by atoms with Crippen molar-refractivity contribution in [2.75, 3.05) is 7.05 Å². The van der Waals surface area contributed by atoms with Crippen LogP contribution in [0, 0.1) is 0 Å². The van der Waals surface area contributed by atoms with Crippen molar-refractivity contribution in [1.29, 1.82) is 0 Å². The fourth-order valence-electron chi connectivity index (χ4n) is 1.99. The topological polar surface area (TPSA) is 12.0 Å². The van der Waals surface area contributed by atoms with E-state index in [9.17, 15) is 13.2 Å². The van der Waals surface area contributed by atoms with Crippen LogP contribution in [0.3, 0.4) is 0 Å². The molecule has 0 amide bonds. The maximum absolute atomic E-state index is 12.5. The van der Waals surface area contributed by atoms with Crippen LogP contribution in [0.5, 0.6) is 0 Å². The van der Waals surface area contributed by atoms with Crippen molar-refractivity contribution in [2.45, 2.75) is 51.2 Å². The van der Waals surface area contributed by atoms with Gasteiger partial charge in [-0.2, -0.15) is 13.2 Å². The lowest BCUT2D eigenvalue weighted by atomic mass is 9.81. The molecule has 1 rings (SSSR count). The molecule has 0 aliphatic rings. The number of nitrogens with one attached hydrogen (secondary N) is 1. The second-order valence-electron chi connectivity index (χ2n) is 5.52. The van der Waals surface area contributed by atoms with Crippen LogP contribution in [0.1, 0.15) is 50.8 Å². The van der Waals surface area contributed by atoms with Gasteiger partial charge in [0.1, 0.15) is 0 Å². The number of rotatable bonds is 5. The Hall–Kier alpha value is -1.03. The third-order valence-corrected chi connectivity index (χ3v) is 3.76. The summed E-state index contributed by atoms with van der Waals surface area (Å²) in [5.41, 5.74) is 1.88. The van der Waals surface area contributed by atoms with Gasteiger partial charge in [-0.05, 0) is 30.0 Å². The van der Waals surface area contributed by atoms with E-state index in [0.29, 0.717) is 5.56 Å².